The highest BCUT2D eigenvalue weighted by atomic mass is 32.2. The number of para-hydroxylation sites is 1. The third-order valence-electron chi connectivity index (χ3n) is 6.04. The van der Waals surface area contributed by atoms with Crippen LogP contribution in [-0.2, 0) is 30.8 Å². The lowest BCUT2D eigenvalue weighted by Crippen LogP contribution is -2.39. The minimum atomic E-state index is -3.73. The Morgan fingerprint density at radius 1 is 1.00 bits per heavy atom. The number of sulfonamides is 1. The molecule has 3 aliphatic rings. The van der Waals surface area contributed by atoms with Crippen molar-refractivity contribution >= 4 is 33.3 Å². The normalized spacial score (nSPS) is 26.1. The van der Waals surface area contributed by atoms with E-state index in [1.165, 1.54) is 28.6 Å². The Balaban J connectivity index is 1.33. The molecule has 0 radical (unpaired) electrons. The summed E-state index contributed by atoms with van der Waals surface area (Å²) in [5.74, 6) is -3.32. The number of carbonyl (C=O) groups is 2. The van der Waals surface area contributed by atoms with Crippen molar-refractivity contribution in [3.8, 4) is 0 Å². The monoisotopic (exact) mass is 440 g/mol. The molecule has 0 unspecified atom stereocenters. The molecule has 8 nitrogen and oxygen atoms in total. The van der Waals surface area contributed by atoms with E-state index in [0.29, 0.717) is 24.3 Å². The summed E-state index contributed by atoms with van der Waals surface area (Å²) in [4.78, 5) is 24.4. The zero-order valence-corrected chi connectivity index (χ0v) is 17.2. The minimum Gasteiger partial charge on any atom is -0.481 e. The SMILES string of the molecule is O=C(O)[C@H]1[C@H](C(=O)Nc2ccc(S(=O)(=O)N3CCc4ccccc43)cc2)[C@H]2C=C[C@H]1O2. The second kappa shape index (κ2) is 7.21. The van der Waals surface area contributed by atoms with E-state index >= 15 is 0 Å². The molecular weight excluding hydrogens is 420 g/mol. The van der Waals surface area contributed by atoms with Gasteiger partial charge in [0.2, 0.25) is 5.91 Å². The van der Waals surface area contributed by atoms with E-state index in [-0.39, 0.29) is 4.90 Å². The van der Waals surface area contributed by atoms with E-state index < -0.39 is 45.9 Å². The van der Waals surface area contributed by atoms with E-state index in [1.54, 1.807) is 18.2 Å². The molecule has 2 bridgehead atoms. The van der Waals surface area contributed by atoms with Gasteiger partial charge >= 0.3 is 5.97 Å². The largest absolute Gasteiger partial charge is 0.481 e. The van der Waals surface area contributed by atoms with Crippen LogP contribution in [0.15, 0.2) is 65.6 Å². The number of hydrogen-bond acceptors (Lipinski definition) is 5. The van der Waals surface area contributed by atoms with Gasteiger partial charge in [0.1, 0.15) is 5.92 Å². The van der Waals surface area contributed by atoms with Gasteiger partial charge in [-0.1, -0.05) is 30.4 Å². The van der Waals surface area contributed by atoms with Crippen LogP contribution in [0, 0.1) is 11.8 Å². The lowest BCUT2D eigenvalue weighted by Gasteiger charge is -2.21. The van der Waals surface area contributed by atoms with Crippen molar-refractivity contribution < 1.29 is 27.9 Å². The average molecular weight is 440 g/mol. The third kappa shape index (κ3) is 3.21. The number of nitrogens with one attached hydrogen (secondary N) is 1. The first-order chi connectivity index (χ1) is 14.9. The van der Waals surface area contributed by atoms with Gasteiger partial charge in [-0.3, -0.25) is 13.9 Å². The predicted octanol–water partition coefficient (Wildman–Crippen LogP) is 2.03. The number of carboxylic acids is 1. The number of carboxylic acid groups (broad SMARTS) is 1. The Hall–Kier alpha value is -3.17. The van der Waals surface area contributed by atoms with Crippen LogP contribution in [0.25, 0.3) is 0 Å². The Labute approximate surface area is 179 Å². The van der Waals surface area contributed by atoms with E-state index in [1.807, 2.05) is 18.2 Å². The molecule has 3 heterocycles. The molecule has 2 N–H and O–H groups in total. The zero-order chi connectivity index (χ0) is 21.8. The number of ether oxygens (including phenoxy) is 1. The predicted molar refractivity (Wildman–Crippen MR) is 112 cm³/mol. The zero-order valence-electron chi connectivity index (χ0n) is 16.3. The fourth-order valence-corrected chi connectivity index (χ4v) is 6.04. The van der Waals surface area contributed by atoms with Crippen molar-refractivity contribution in [1.82, 2.24) is 0 Å². The van der Waals surface area contributed by atoms with E-state index in [4.69, 9.17) is 4.74 Å². The summed E-state index contributed by atoms with van der Waals surface area (Å²) in [5.41, 5.74) is 2.07. The second-order valence-electron chi connectivity index (χ2n) is 7.81. The highest BCUT2D eigenvalue weighted by molar-refractivity contribution is 7.92. The number of amides is 1. The smallest absolute Gasteiger partial charge is 0.310 e. The van der Waals surface area contributed by atoms with Crippen molar-refractivity contribution in [3.63, 3.8) is 0 Å². The van der Waals surface area contributed by atoms with Gasteiger partial charge in [-0.2, -0.15) is 0 Å². The third-order valence-corrected chi connectivity index (χ3v) is 7.87. The van der Waals surface area contributed by atoms with Gasteiger partial charge in [-0.05, 0) is 42.3 Å². The van der Waals surface area contributed by atoms with Crippen LogP contribution < -0.4 is 9.62 Å². The van der Waals surface area contributed by atoms with Gasteiger partial charge in [0.25, 0.3) is 10.0 Å². The Bertz CT molecular complexity index is 1190. The Kier molecular flexibility index (Phi) is 4.60. The van der Waals surface area contributed by atoms with E-state index in [0.717, 1.165) is 5.56 Å². The molecule has 0 spiro atoms. The summed E-state index contributed by atoms with van der Waals surface area (Å²) in [6.45, 7) is 0.383. The first-order valence-electron chi connectivity index (χ1n) is 9.94. The van der Waals surface area contributed by atoms with Crippen molar-refractivity contribution in [2.45, 2.75) is 23.5 Å². The summed E-state index contributed by atoms with van der Waals surface area (Å²) < 4.78 is 33.1. The fourth-order valence-electron chi connectivity index (χ4n) is 4.54. The number of fused-ring (bicyclic) bond motifs is 3. The van der Waals surface area contributed by atoms with Gasteiger partial charge in [-0.25, -0.2) is 8.42 Å². The van der Waals surface area contributed by atoms with E-state index in [2.05, 4.69) is 5.32 Å². The molecule has 2 aromatic rings. The quantitative estimate of drug-likeness (QED) is 0.688. The van der Waals surface area contributed by atoms with Crippen molar-refractivity contribution in [2.75, 3.05) is 16.2 Å². The highest BCUT2D eigenvalue weighted by Gasteiger charge is 2.53. The first-order valence-corrected chi connectivity index (χ1v) is 11.4. The average Bonchev–Trinajstić information content (AvgIpc) is 3.48. The summed E-state index contributed by atoms with van der Waals surface area (Å²) in [6.07, 6.45) is 2.87. The highest BCUT2D eigenvalue weighted by Crippen LogP contribution is 2.40. The number of benzene rings is 2. The number of hydrogen-bond donors (Lipinski definition) is 2. The molecule has 31 heavy (non-hydrogen) atoms. The molecule has 1 amide bonds. The summed E-state index contributed by atoms with van der Waals surface area (Å²) in [6, 6.07) is 13.3. The summed E-state index contributed by atoms with van der Waals surface area (Å²) >= 11 is 0. The molecule has 1 fully saturated rings. The number of anilines is 2. The van der Waals surface area contributed by atoms with Crippen LogP contribution in [0.1, 0.15) is 5.56 Å². The summed E-state index contributed by atoms with van der Waals surface area (Å²) in [7, 11) is -3.73. The topological polar surface area (TPSA) is 113 Å². The van der Waals surface area contributed by atoms with Gasteiger partial charge in [0, 0.05) is 12.2 Å². The van der Waals surface area contributed by atoms with Crippen LogP contribution in [0.5, 0.6) is 0 Å². The maximum atomic E-state index is 13.1. The van der Waals surface area contributed by atoms with Gasteiger partial charge < -0.3 is 15.2 Å². The second-order valence-corrected chi connectivity index (χ2v) is 9.67. The Morgan fingerprint density at radius 3 is 2.39 bits per heavy atom. The molecule has 0 aliphatic carbocycles. The molecule has 2 aromatic carbocycles. The summed E-state index contributed by atoms with van der Waals surface area (Å²) in [5, 5.41) is 12.1. The lowest BCUT2D eigenvalue weighted by molar-refractivity contribution is -0.145. The molecular formula is C22H20N2O6S. The number of aliphatic carboxylic acids is 1. The number of rotatable bonds is 5. The molecule has 4 atom stereocenters. The molecule has 3 aliphatic heterocycles. The first kappa shape index (κ1) is 19.8. The van der Waals surface area contributed by atoms with Crippen LogP contribution >= 0.6 is 0 Å². The standard InChI is InChI=1S/C22H20N2O6S/c25-21(19-17-9-10-18(30-17)20(19)22(26)27)23-14-5-7-15(8-6-14)31(28,29)24-12-11-13-3-1-2-4-16(13)24/h1-10,17-20H,11-12H2,(H,23,25)(H,26,27)/t17-,18-,19-,20-/m1/s1. The fraction of sp³-hybridized carbons (Fsp3) is 0.273. The van der Waals surface area contributed by atoms with Crippen LogP contribution in [-0.4, -0.2) is 44.2 Å². The van der Waals surface area contributed by atoms with Gasteiger partial charge in [-0.15, -0.1) is 0 Å². The van der Waals surface area contributed by atoms with Crippen molar-refractivity contribution in [2.24, 2.45) is 11.8 Å². The Morgan fingerprint density at radius 2 is 1.68 bits per heavy atom. The number of carbonyl (C=O) groups excluding carboxylic acids is 1. The van der Waals surface area contributed by atoms with Crippen LogP contribution in [0.2, 0.25) is 0 Å². The molecule has 0 aromatic heterocycles. The van der Waals surface area contributed by atoms with Gasteiger partial charge in [0.05, 0.1) is 28.7 Å². The van der Waals surface area contributed by atoms with E-state index in [9.17, 15) is 23.1 Å². The molecule has 160 valence electrons. The number of nitrogens with zero attached hydrogens (tertiary/aromatic N) is 1. The van der Waals surface area contributed by atoms with Gasteiger partial charge in [0.15, 0.2) is 0 Å². The lowest BCUT2D eigenvalue weighted by atomic mass is 9.82. The van der Waals surface area contributed by atoms with Crippen LogP contribution in [0.4, 0.5) is 11.4 Å². The van der Waals surface area contributed by atoms with Crippen molar-refractivity contribution in [1.29, 1.82) is 0 Å². The molecule has 0 saturated carbocycles. The maximum absolute atomic E-state index is 13.1. The van der Waals surface area contributed by atoms with Crippen molar-refractivity contribution in [3.05, 3.63) is 66.2 Å². The molecule has 1 saturated heterocycles. The minimum absolute atomic E-state index is 0.122. The molecule has 5 rings (SSSR count). The molecule has 9 heteroatoms. The maximum Gasteiger partial charge on any atom is 0.310 e. The van der Waals surface area contributed by atoms with Crippen LogP contribution in [0.3, 0.4) is 0 Å².